The van der Waals surface area contributed by atoms with Crippen molar-refractivity contribution in [1.29, 1.82) is 0 Å². The van der Waals surface area contributed by atoms with Crippen LogP contribution in [0.2, 0.25) is 0 Å². The number of benzene rings is 1. The number of H-pyrrole nitrogens is 2. The number of aliphatic hydroxyl groups excluding tert-OH is 1. The topological polar surface area (TPSA) is 112 Å². The van der Waals surface area contributed by atoms with Crippen molar-refractivity contribution in [3.63, 3.8) is 0 Å². The van der Waals surface area contributed by atoms with Gasteiger partial charge in [-0.3, -0.25) is 4.79 Å². The van der Waals surface area contributed by atoms with E-state index in [1.54, 1.807) is 18.7 Å². The van der Waals surface area contributed by atoms with E-state index in [4.69, 9.17) is 4.98 Å². The minimum absolute atomic E-state index is 0.0241. The number of aromatic nitrogens is 5. The molecule has 1 aliphatic rings. The van der Waals surface area contributed by atoms with E-state index in [1.165, 1.54) is 32.1 Å². The Bertz CT molecular complexity index is 1280. The molecule has 0 aliphatic heterocycles. The van der Waals surface area contributed by atoms with E-state index in [2.05, 4.69) is 26.3 Å². The van der Waals surface area contributed by atoms with E-state index in [9.17, 15) is 9.90 Å². The predicted octanol–water partition coefficient (Wildman–Crippen LogP) is 4.16. The van der Waals surface area contributed by atoms with Crippen LogP contribution in [0, 0.1) is 12.8 Å². The van der Waals surface area contributed by atoms with Crippen LogP contribution in [-0.2, 0) is 0 Å². The third-order valence-electron chi connectivity index (χ3n) is 6.68. The highest BCUT2D eigenvalue weighted by Crippen LogP contribution is 2.31. The summed E-state index contributed by atoms with van der Waals surface area (Å²) in [6, 6.07) is 5.80. The minimum Gasteiger partial charge on any atom is -0.394 e. The molecule has 5 rings (SSSR count). The maximum Gasteiger partial charge on any atom is 0.261 e. The van der Waals surface area contributed by atoms with Crippen LogP contribution in [0.25, 0.3) is 28.1 Å². The molecule has 1 aliphatic carbocycles. The second-order valence-electron chi connectivity index (χ2n) is 9.07. The summed E-state index contributed by atoms with van der Waals surface area (Å²) < 4.78 is 1.94. The highest BCUT2D eigenvalue weighted by molar-refractivity contribution is 5.86. The Kier molecular flexibility index (Phi) is 6.00. The molecule has 0 amide bonds. The molecular formula is C25H30N6O2. The number of hydrogen-bond acceptors (Lipinski definition) is 5. The van der Waals surface area contributed by atoms with Gasteiger partial charge in [0.1, 0.15) is 11.4 Å². The van der Waals surface area contributed by atoms with Crippen molar-refractivity contribution >= 4 is 16.7 Å². The van der Waals surface area contributed by atoms with Gasteiger partial charge in [-0.05, 0) is 43.0 Å². The predicted molar refractivity (Wildman–Crippen MR) is 130 cm³/mol. The van der Waals surface area contributed by atoms with Crippen molar-refractivity contribution in [3.8, 4) is 17.1 Å². The summed E-state index contributed by atoms with van der Waals surface area (Å²) in [5.74, 6) is 1.12. The fraction of sp³-hybridized carbons (Fsp3) is 0.400. The molecule has 1 aromatic carbocycles. The summed E-state index contributed by atoms with van der Waals surface area (Å²) in [7, 11) is 0. The first-order valence-corrected chi connectivity index (χ1v) is 11.7. The van der Waals surface area contributed by atoms with Gasteiger partial charge in [0.05, 0.1) is 29.7 Å². The molecule has 1 atom stereocenters. The lowest BCUT2D eigenvalue weighted by atomic mass is 9.85. The quantitative estimate of drug-likeness (QED) is 0.341. The average molecular weight is 447 g/mol. The maximum absolute atomic E-state index is 12.9. The molecular weight excluding hydrogens is 416 g/mol. The molecule has 33 heavy (non-hydrogen) atoms. The van der Waals surface area contributed by atoms with Crippen molar-refractivity contribution < 1.29 is 5.11 Å². The maximum atomic E-state index is 12.9. The van der Waals surface area contributed by atoms with Gasteiger partial charge in [-0.2, -0.15) is 0 Å². The van der Waals surface area contributed by atoms with Gasteiger partial charge in [-0.25, -0.2) is 9.97 Å². The Balaban J connectivity index is 1.49. The van der Waals surface area contributed by atoms with E-state index in [1.807, 2.05) is 29.8 Å². The van der Waals surface area contributed by atoms with E-state index in [0.717, 1.165) is 28.7 Å². The number of aliphatic hydroxyl groups is 1. The van der Waals surface area contributed by atoms with E-state index < -0.39 is 0 Å². The first-order valence-electron chi connectivity index (χ1n) is 11.7. The van der Waals surface area contributed by atoms with Crippen LogP contribution in [0.15, 0.2) is 47.9 Å². The van der Waals surface area contributed by atoms with Crippen molar-refractivity contribution in [2.24, 2.45) is 5.92 Å². The summed E-state index contributed by atoms with van der Waals surface area (Å²) in [6.07, 6.45) is 14.2. The zero-order valence-corrected chi connectivity index (χ0v) is 18.8. The third-order valence-corrected chi connectivity index (χ3v) is 6.68. The summed E-state index contributed by atoms with van der Waals surface area (Å²) in [5.41, 5.74) is 4.57. The second kappa shape index (κ2) is 9.23. The van der Waals surface area contributed by atoms with Gasteiger partial charge in [0, 0.05) is 30.3 Å². The molecule has 0 radical (unpaired) electrons. The van der Waals surface area contributed by atoms with Crippen molar-refractivity contribution in [1.82, 2.24) is 24.5 Å². The number of nitrogens with one attached hydrogen (secondary N) is 3. The molecule has 0 saturated heterocycles. The Morgan fingerprint density at radius 1 is 1.27 bits per heavy atom. The van der Waals surface area contributed by atoms with Gasteiger partial charge in [0.25, 0.3) is 5.56 Å². The van der Waals surface area contributed by atoms with Gasteiger partial charge in [0.2, 0.25) is 0 Å². The highest BCUT2D eigenvalue weighted by Gasteiger charge is 2.21. The molecule has 172 valence electrons. The second-order valence-corrected chi connectivity index (χ2v) is 9.07. The average Bonchev–Trinajstić information content (AvgIpc) is 3.50. The zero-order chi connectivity index (χ0) is 22.8. The highest BCUT2D eigenvalue weighted by atomic mass is 16.3. The van der Waals surface area contributed by atoms with Crippen LogP contribution in [0.3, 0.4) is 0 Å². The summed E-state index contributed by atoms with van der Waals surface area (Å²) >= 11 is 0. The molecule has 1 fully saturated rings. The number of aryl methyl sites for hydroxylation is 1. The molecule has 3 heterocycles. The fourth-order valence-electron chi connectivity index (χ4n) is 5.01. The molecule has 0 spiro atoms. The number of pyridine rings is 1. The van der Waals surface area contributed by atoms with Crippen LogP contribution >= 0.6 is 0 Å². The van der Waals surface area contributed by atoms with Crippen molar-refractivity contribution in [3.05, 3.63) is 59.0 Å². The number of hydrogen-bond donors (Lipinski definition) is 4. The van der Waals surface area contributed by atoms with Crippen LogP contribution in [0.5, 0.6) is 0 Å². The van der Waals surface area contributed by atoms with Gasteiger partial charge in [-0.15, -0.1) is 0 Å². The number of fused-ring (bicyclic) bond motifs is 1. The van der Waals surface area contributed by atoms with E-state index in [-0.39, 0.29) is 18.2 Å². The smallest absolute Gasteiger partial charge is 0.261 e. The monoisotopic (exact) mass is 446 g/mol. The Hall–Kier alpha value is -3.39. The summed E-state index contributed by atoms with van der Waals surface area (Å²) in [4.78, 5) is 27.9. The first kappa shape index (κ1) is 21.5. The number of anilines is 1. The summed E-state index contributed by atoms with van der Waals surface area (Å²) in [6.45, 7) is 2.03. The normalized spacial score (nSPS) is 15.7. The van der Waals surface area contributed by atoms with Gasteiger partial charge < -0.3 is 25.0 Å². The SMILES string of the molecule is Cc1cc(-n2ccnc2)cc2[nH]c(-c3c(NC(CO)CC4CCCCC4)cc[nH]c3=O)nc12. The minimum atomic E-state index is -0.221. The number of imidazole rings is 2. The molecule has 4 N–H and O–H groups in total. The van der Waals surface area contributed by atoms with Gasteiger partial charge >= 0.3 is 0 Å². The summed E-state index contributed by atoms with van der Waals surface area (Å²) in [5, 5.41) is 13.5. The van der Waals surface area contributed by atoms with Crippen molar-refractivity contribution in [2.75, 3.05) is 11.9 Å². The lowest BCUT2D eigenvalue weighted by molar-refractivity contribution is 0.237. The molecule has 1 unspecified atom stereocenters. The van der Waals surface area contributed by atoms with E-state index >= 15 is 0 Å². The lowest BCUT2D eigenvalue weighted by Gasteiger charge is -2.27. The van der Waals surface area contributed by atoms with Crippen LogP contribution in [0.4, 0.5) is 5.69 Å². The van der Waals surface area contributed by atoms with E-state index in [0.29, 0.717) is 23.0 Å². The standard InChI is InChI=1S/C25H30N6O2/c1-16-11-19(31-10-9-26-15-31)13-21-23(16)30-24(29-21)22-20(7-8-27-25(22)33)28-18(14-32)12-17-5-3-2-4-6-17/h7-11,13,15,17-18,32H,2-6,12,14H2,1H3,(H,29,30)(H2,27,28,33). The molecule has 4 aromatic rings. The molecule has 8 nitrogen and oxygen atoms in total. The molecule has 1 saturated carbocycles. The number of rotatable bonds is 7. The number of aromatic amines is 2. The van der Waals surface area contributed by atoms with Crippen LogP contribution < -0.4 is 10.9 Å². The Labute approximate surface area is 192 Å². The van der Waals surface area contributed by atoms with Crippen LogP contribution in [-0.4, -0.2) is 42.3 Å². The molecule has 0 bridgehead atoms. The number of nitrogens with zero attached hydrogens (tertiary/aromatic N) is 3. The lowest BCUT2D eigenvalue weighted by Crippen LogP contribution is -2.29. The fourth-order valence-corrected chi connectivity index (χ4v) is 5.01. The van der Waals surface area contributed by atoms with Gasteiger partial charge in [-0.1, -0.05) is 32.1 Å². The van der Waals surface area contributed by atoms with Crippen molar-refractivity contribution in [2.45, 2.75) is 51.5 Å². The Morgan fingerprint density at radius 3 is 2.88 bits per heavy atom. The largest absolute Gasteiger partial charge is 0.394 e. The zero-order valence-electron chi connectivity index (χ0n) is 18.8. The Morgan fingerprint density at radius 2 is 2.12 bits per heavy atom. The van der Waals surface area contributed by atoms with Crippen LogP contribution in [0.1, 0.15) is 44.1 Å². The first-order chi connectivity index (χ1) is 16.1. The third kappa shape index (κ3) is 4.43. The van der Waals surface area contributed by atoms with Gasteiger partial charge in [0.15, 0.2) is 0 Å². The molecule has 3 aromatic heterocycles. The molecule has 8 heteroatoms.